The number of carbonyl (C=O) groups excluding carboxylic acids is 3. The smallest absolute Gasteiger partial charge is 0.247 e. The number of nitrogens with one attached hydrogen (secondary N) is 2. The van der Waals surface area contributed by atoms with Gasteiger partial charge in [0.05, 0.1) is 0 Å². The predicted octanol–water partition coefficient (Wildman–Crippen LogP) is 4.88. The third kappa shape index (κ3) is 7.29. The highest BCUT2D eigenvalue weighted by Crippen LogP contribution is 2.33. The van der Waals surface area contributed by atoms with Crippen LogP contribution in [0.15, 0.2) is 48.7 Å². The van der Waals surface area contributed by atoms with Crippen molar-refractivity contribution in [2.24, 2.45) is 0 Å². The van der Waals surface area contributed by atoms with Gasteiger partial charge in [-0.15, -0.1) is 0 Å². The average molecular weight is 485 g/mol. The van der Waals surface area contributed by atoms with Crippen molar-refractivity contribution < 1.29 is 14.4 Å². The SMILES string of the molecule is CC(C)(C)NC(=O)[C@H](c1ccc(Cl)cc1)N(C(=O)CCC(=O)Nc1ccccn1)C1CCCC1. The van der Waals surface area contributed by atoms with Gasteiger partial charge in [0.25, 0.3) is 0 Å². The number of anilines is 1. The Bertz CT molecular complexity index is 983. The summed E-state index contributed by atoms with van der Waals surface area (Å²) in [7, 11) is 0. The lowest BCUT2D eigenvalue weighted by molar-refractivity contribution is -0.144. The van der Waals surface area contributed by atoms with Crippen LogP contribution in [0.1, 0.15) is 70.9 Å². The highest BCUT2D eigenvalue weighted by Gasteiger charge is 2.38. The maximum atomic E-state index is 13.6. The maximum absolute atomic E-state index is 13.6. The number of nitrogens with zero attached hydrogens (tertiary/aromatic N) is 2. The Hall–Kier alpha value is -2.93. The molecule has 0 spiro atoms. The number of pyridine rings is 1. The molecular formula is C26H33ClN4O3. The number of carbonyl (C=O) groups is 3. The summed E-state index contributed by atoms with van der Waals surface area (Å²) in [5, 5.41) is 6.31. The molecule has 8 heteroatoms. The Balaban J connectivity index is 1.84. The second-order valence-corrected chi connectivity index (χ2v) is 10.1. The van der Waals surface area contributed by atoms with Crippen LogP contribution in [-0.4, -0.2) is 39.2 Å². The van der Waals surface area contributed by atoms with E-state index in [0.717, 1.165) is 25.7 Å². The lowest BCUT2D eigenvalue weighted by Crippen LogP contribution is -2.51. The standard InChI is InChI=1S/C26H33ClN4O3/c1-26(2,3)30-25(34)24(18-11-13-19(27)14-12-18)31(20-8-4-5-9-20)23(33)16-15-22(32)29-21-10-6-7-17-28-21/h6-7,10-14,17,20,24H,4-5,8-9,15-16H2,1-3H3,(H,30,34)(H,28,29,32)/t24-/m0/s1. The summed E-state index contributed by atoms with van der Waals surface area (Å²) in [5.74, 6) is -0.308. The first-order valence-corrected chi connectivity index (χ1v) is 12.1. The molecule has 3 amide bonds. The van der Waals surface area contributed by atoms with Gasteiger partial charge >= 0.3 is 0 Å². The van der Waals surface area contributed by atoms with E-state index in [-0.39, 0.29) is 36.6 Å². The molecule has 1 aromatic carbocycles. The zero-order chi connectivity index (χ0) is 24.7. The summed E-state index contributed by atoms with van der Waals surface area (Å²) < 4.78 is 0. The van der Waals surface area contributed by atoms with Crippen LogP contribution in [0.2, 0.25) is 5.02 Å². The molecule has 1 aromatic heterocycles. The van der Waals surface area contributed by atoms with E-state index >= 15 is 0 Å². The van der Waals surface area contributed by atoms with Gasteiger partial charge < -0.3 is 15.5 Å². The summed E-state index contributed by atoms with van der Waals surface area (Å²) >= 11 is 6.09. The van der Waals surface area contributed by atoms with E-state index in [1.165, 1.54) is 0 Å². The molecule has 0 bridgehead atoms. The molecule has 0 saturated heterocycles. The van der Waals surface area contributed by atoms with E-state index < -0.39 is 11.6 Å². The molecule has 0 radical (unpaired) electrons. The summed E-state index contributed by atoms with van der Waals surface area (Å²) in [4.78, 5) is 45.3. The predicted molar refractivity (Wildman–Crippen MR) is 133 cm³/mol. The zero-order valence-corrected chi connectivity index (χ0v) is 20.8. The minimum absolute atomic E-state index is 0.00204. The second kappa shape index (κ2) is 11.5. The third-order valence-corrected chi connectivity index (χ3v) is 5.97. The first-order valence-electron chi connectivity index (χ1n) is 11.7. The first kappa shape index (κ1) is 25.7. The van der Waals surface area contributed by atoms with Crippen LogP contribution in [0.3, 0.4) is 0 Å². The van der Waals surface area contributed by atoms with E-state index in [9.17, 15) is 14.4 Å². The van der Waals surface area contributed by atoms with Crippen molar-refractivity contribution in [3.05, 3.63) is 59.2 Å². The molecule has 34 heavy (non-hydrogen) atoms. The lowest BCUT2D eigenvalue weighted by atomic mass is 9.98. The largest absolute Gasteiger partial charge is 0.349 e. The zero-order valence-electron chi connectivity index (χ0n) is 20.0. The molecule has 2 aromatic rings. The Morgan fingerprint density at radius 2 is 1.74 bits per heavy atom. The van der Waals surface area contributed by atoms with Crippen molar-refractivity contribution in [2.45, 2.75) is 76.9 Å². The number of aromatic nitrogens is 1. The van der Waals surface area contributed by atoms with Gasteiger partial charge in [0.15, 0.2) is 0 Å². The molecule has 2 N–H and O–H groups in total. The number of halogens is 1. The van der Waals surface area contributed by atoms with Crippen LogP contribution < -0.4 is 10.6 Å². The molecule has 3 rings (SSSR count). The number of rotatable bonds is 8. The molecule has 1 fully saturated rings. The summed E-state index contributed by atoms with van der Waals surface area (Å²) in [6.45, 7) is 5.73. The van der Waals surface area contributed by atoms with Crippen molar-refractivity contribution in [1.29, 1.82) is 0 Å². The normalized spacial score (nSPS) is 14.9. The van der Waals surface area contributed by atoms with Gasteiger partial charge in [-0.2, -0.15) is 0 Å². The second-order valence-electron chi connectivity index (χ2n) is 9.70. The molecular weight excluding hydrogens is 452 g/mol. The molecule has 1 aliphatic rings. The van der Waals surface area contributed by atoms with Crippen LogP contribution in [0.25, 0.3) is 0 Å². The molecule has 1 aliphatic carbocycles. The van der Waals surface area contributed by atoms with Crippen LogP contribution in [-0.2, 0) is 14.4 Å². The average Bonchev–Trinajstić information content (AvgIpc) is 3.30. The van der Waals surface area contributed by atoms with Gasteiger partial charge in [0, 0.05) is 35.6 Å². The van der Waals surface area contributed by atoms with Gasteiger partial charge in [0.2, 0.25) is 17.7 Å². The van der Waals surface area contributed by atoms with E-state index in [4.69, 9.17) is 11.6 Å². The Morgan fingerprint density at radius 3 is 2.32 bits per heavy atom. The molecule has 182 valence electrons. The van der Waals surface area contributed by atoms with Crippen molar-refractivity contribution in [3.8, 4) is 0 Å². The summed E-state index contributed by atoms with van der Waals surface area (Å²) in [6, 6.07) is 11.4. The molecule has 0 aliphatic heterocycles. The fourth-order valence-electron chi connectivity index (χ4n) is 4.25. The highest BCUT2D eigenvalue weighted by atomic mass is 35.5. The molecule has 1 saturated carbocycles. The van der Waals surface area contributed by atoms with Crippen molar-refractivity contribution in [1.82, 2.24) is 15.2 Å². The number of hydrogen-bond donors (Lipinski definition) is 2. The van der Waals surface area contributed by atoms with Crippen LogP contribution >= 0.6 is 11.6 Å². The fraction of sp³-hybridized carbons (Fsp3) is 0.462. The van der Waals surface area contributed by atoms with Crippen LogP contribution in [0.5, 0.6) is 0 Å². The van der Waals surface area contributed by atoms with Crippen molar-refractivity contribution in [3.63, 3.8) is 0 Å². The van der Waals surface area contributed by atoms with Gasteiger partial charge in [-0.1, -0.05) is 42.6 Å². The van der Waals surface area contributed by atoms with E-state index in [0.29, 0.717) is 16.4 Å². The van der Waals surface area contributed by atoms with E-state index in [1.807, 2.05) is 20.8 Å². The maximum Gasteiger partial charge on any atom is 0.247 e. The summed E-state index contributed by atoms with van der Waals surface area (Å²) in [6.07, 6.45) is 5.27. The molecule has 7 nitrogen and oxygen atoms in total. The minimum Gasteiger partial charge on any atom is -0.349 e. The highest BCUT2D eigenvalue weighted by molar-refractivity contribution is 6.30. The number of amides is 3. The van der Waals surface area contributed by atoms with Crippen molar-refractivity contribution in [2.75, 3.05) is 5.32 Å². The van der Waals surface area contributed by atoms with Crippen LogP contribution in [0, 0.1) is 0 Å². The molecule has 0 unspecified atom stereocenters. The monoisotopic (exact) mass is 484 g/mol. The Kier molecular flexibility index (Phi) is 8.67. The first-order chi connectivity index (χ1) is 16.1. The van der Waals surface area contributed by atoms with Gasteiger partial charge in [0.1, 0.15) is 11.9 Å². The van der Waals surface area contributed by atoms with Gasteiger partial charge in [-0.3, -0.25) is 14.4 Å². The van der Waals surface area contributed by atoms with E-state index in [2.05, 4.69) is 15.6 Å². The van der Waals surface area contributed by atoms with Crippen LogP contribution in [0.4, 0.5) is 5.82 Å². The number of benzene rings is 1. The quantitative estimate of drug-likeness (QED) is 0.558. The minimum atomic E-state index is -0.800. The fourth-order valence-corrected chi connectivity index (χ4v) is 4.38. The lowest BCUT2D eigenvalue weighted by Gasteiger charge is -2.37. The van der Waals surface area contributed by atoms with E-state index in [1.54, 1.807) is 53.6 Å². The van der Waals surface area contributed by atoms with Crippen molar-refractivity contribution >= 4 is 35.1 Å². The summed E-state index contributed by atoms with van der Waals surface area (Å²) in [5.41, 5.74) is 0.235. The topological polar surface area (TPSA) is 91.4 Å². The van der Waals surface area contributed by atoms with Gasteiger partial charge in [-0.25, -0.2) is 4.98 Å². The number of hydrogen-bond acceptors (Lipinski definition) is 4. The third-order valence-electron chi connectivity index (χ3n) is 5.71. The molecule has 1 heterocycles. The Morgan fingerprint density at radius 1 is 1.06 bits per heavy atom. The van der Waals surface area contributed by atoms with Gasteiger partial charge in [-0.05, 0) is 63.4 Å². The molecule has 1 atom stereocenters. The Labute approximate surface area is 206 Å².